The molecule has 0 aliphatic carbocycles. The molecule has 2 heterocycles. The Hall–Kier alpha value is -2.78. The highest BCUT2D eigenvalue weighted by molar-refractivity contribution is 7.10. The Kier molecular flexibility index (Phi) is 8.75. The van der Waals surface area contributed by atoms with Crippen LogP contribution >= 0.6 is 11.3 Å². The highest BCUT2D eigenvalue weighted by Crippen LogP contribution is 2.34. The van der Waals surface area contributed by atoms with Crippen molar-refractivity contribution in [3.63, 3.8) is 0 Å². The Morgan fingerprint density at radius 2 is 2.06 bits per heavy atom. The summed E-state index contributed by atoms with van der Waals surface area (Å²) in [5, 5.41) is 4.82. The highest BCUT2D eigenvalue weighted by atomic mass is 32.1. The number of rotatable bonds is 10. The van der Waals surface area contributed by atoms with Crippen molar-refractivity contribution in [1.29, 1.82) is 0 Å². The van der Waals surface area contributed by atoms with E-state index < -0.39 is 0 Å². The standard InChI is InChI=1S/C23H31N3O5S/c1-4-24-23(28)25(11-12-29-2)15-22(27)26-10-8-21-19(9-13-32-21)20(26)16-31-18-7-5-6-17(14-18)30-3/h5-7,9,13-14,20H,4,8,10-12,15-16H2,1-3H3,(H,24,28)/t20-/m0/s1. The Bertz CT molecular complexity index is 903. The van der Waals surface area contributed by atoms with Crippen molar-refractivity contribution in [1.82, 2.24) is 15.1 Å². The molecule has 0 unspecified atom stereocenters. The molecule has 0 saturated carbocycles. The van der Waals surface area contributed by atoms with Crippen LogP contribution in [0.2, 0.25) is 0 Å². The molecule has 0 bridgehead atoms. The van der Waals surface area contributed by atoms with E-state index in [2.05, 4.69) is 16.8 Å². The molecule has 8 nitrogen and oxygen atoms in total. The molecular formula is C23H31N3O5S. The first-order valence-electron chi connectivity index (χ1n) is 10.7. The van der Waals surface area contributed by atoms with Gasteiger partial charge in [0.1, 0.15) is 24.7 Å². The molecule has 1 aromatic carbocycles. The van der Waals surface area contributed by atoms with Gasteiger partial charge in [-0.25, -0.2) is 4.79 Å². The van der Waals surface area contributed by atoms with Gasteiger partial charge >= 0.3 is 6.03 Å². The molecule has 0 spiro atoms. The van der Waals surface area contributed by atoms with E-state index in [1.165, 1.54) is 9.78 Å². The monoisotopic (exact) mass is 461 g/mol. The minimum absolute atomic E-state index is 0.00960. The zero-order chi connectivity index (χ0) is 22.9. The van der Waals surface area contributed by atoms with Crippen molar-refractivity contribution in [2.45, 2.75) is 19.4 Å². The van der Waals surface area contributed by atoms with Gasteiger partial charge in [0.25, 0.3) is 0 Å². The molecule has 32 heavy (non-hydrogen) atoms. The van der Waals surface area contributed by atoms with Gasteiger partial charge < -0.3 is 29.3 Å². The number of nitrogens with one attached hydrogen (secondary N) is 1. The molecule has 1 atom stereocenters. The van der Waals surface area contributed by atoms with Crippen LogP contribution in [-0.4, -0.2) is 75.4 Å². The largest absolute Gasteiger partial charge is 0.497 e. The number of urea groups is 1. The van der Waals surface area contributed by atoms with Gasteiger partial charge in [-0.15, -0.1) is 11.3 Å². The zero-order valence-corrected chi connectivity index (χ0v) is 19.7. The second kappa shape index (κ2) is 11.7. The third-order valence-corrected chi connectivity index (χ3v) is 6.37. The second-order valence-electron chi connectivity index (χ2n) is 7.39. The lowest BCUT2D eigenvalue weighted by atomic mass is 10.0. The van der Waals surface area contributed by atoms with Crippen LogP contribution in [0.3, 0.4) is 0 Å². The van der Waals surface area contributed by atoms with Crippen LogP contribution in [-0.2, 0) is 16.0 Å². The fraction of sp³-hybridized carbons (Fsp3) is 0.478. The molecule has 1 N–H and O–H groups in total. The third-order valence-electron chi connectivity index (χ3n) is 5.37. The summed E-state index contributed by atoms with van der Waals surface area (Å²) in [5.74, 6) is 1.29. The van der Waals surface area contributed by atoms with Crippen LogP contribution in [0.5, 0.6) is 11.5 Å². The lowest BCUT2D eigenvalue weighted by molar-refractivity contribution is -0.135. The Morgan fingerprint density at radius 3 is 2.81 bits per heavy atom. The molecular weight excluding hydrogens is 430 g/mol. The summed E-state index contributed by atoms with van der Waals surface area (Å²) in [6.07, 6.45) is 0.799. The summed E-state index contributed by atoms with van der Waals surface area (Å²) in [6, 6.07) is 8.99. The van der Waals surface area contributed by atoms with Crippen LogP contribution in [0.25, 0.3) is 0 Å². The van der Waals surface area contributed by atoms with Gasteiger partial charge in [0.05, 0.1) is 19.8 Å². The third kappa shape index (κ3) is 5.92. The topological polar surface area (TPSA) is 80.3 Å². The number of carbonyl (C=O) groups is 2. The maximum absolute atomic E-state index is 13.3. The van der Waals surface area contributed by atoms with E-state index in [1.807, 2.05) is 36.1 Å². The summed E-state index contributed by atoms with van der Waals surface area (Å²) in [7, 11) is 3.19. The normalized spacial score (nSPS) is 15.1. The maximum atomic E-state index is 13.3. The molecule has 2 aromatic rings. The van der Waals surface area contributed by atoms with Gasteiger partial charge in [-0.3, -0.25) is 4.79 Å². The molecule has 1 aliphatic heterocycles. The summed E-state index contributed by atoms with van der Waals surface area (Å²) >= 11 is 1.70. The molecule has 3 rings (SSSR count). The number of amides is 3. The maximum Gasteiger partial charge on any atom is 0.317 e. The van der Waals surface area contributed by atoms with Gasteiger partial charge in [-0.2, -0.15) is 0 Å². The van der Waals surface area contributed by atoms with Gasteiger partial charge in [-0.1, -0.05) is 6.07 Å². The summed E-state index contributed by atoms with van der Waals surface area (Å²) in [5.41, 5.74) is 1.11. The predicted molar refractivity (Wildman–Crippen MR) is 123 cm³/mol. The second-order valence-corrected chi connectivity index (χ2v) is 8.39. The number of nitrogens with zero attached hydrogens (tertiary/aromatic N) is 2. The van der Waals surface area contributed by atoms with Crippen molar-refractivity contribution in [3.8, 4) is 11.5 Å². The number of hydrogen-bond donors (Lipinski definition) is 1. The van der Waals surface area contributed by atoms with Crippen molar-refractivity contribution in [2.24, 2.45) is 0 Å². The number of thiophene rings is 1. The van der Waals surface area contributed by atoms with E-state index >= 15 is 0 Å². The first kappa shape index (κ1) is 23.9. The first-order valence-corrected chi connectivity index (χ1v) is 11.6. The van der Waals surface area contributed by atoms with Crippen LogP contribution in [0.4, 0.5) is 4.79 Å². The van der Waals surface area contributed by atoms with Crippen LogP contribution in [0.15, 0.2) is 35.7 Å². The fourth-order valence-corrected chi connectivity index (χ4v) is 4.64. The molecule has 9 heteroatoms. The summed E-state index contributed by atoms with van der Waals surface area (Å²) in [4.78, 5) is 30.4. The Labute approximate surface area is 193 Å². The van der Waals surface area contributed by atoms with Crippen molar-refractivity contribution in [3.05, 3.63) is 46.2 Å². The highest BCUT2D eigenvalue weighted by Gasteiger charge is 2.33. The van der Waals surface area contributed by atoms with Gasteiger partial charge in [0.2, 0.25) is 5.91 Å². The number of methoxy groups -OCH3 is 2. The van der Waals surface area contributed by atoms with E-state index in [-0.39, 0.29) is 24.5 Å². The van der Waals surface area contributed by atoms with Crippen molar-refractivity contribution < 1.29 is 23.8 Å². The van der Waals surface area contributed by atoms with Crippen LogP contribution in [0.1, 0.15) is 23.4 Å². The van der Waals surface area contributed by atoms with E-state index in [9.17, 15) is 9.59 Å². The Balaban J connectivity index is 1.75. The van der Waals surface area contributed by atoms with Crippen LogP contribution in [0, 0.1) is 0 Å². The van der Waals surface area contributed by atoms with E-state index in [4.69, 9.17) is 14.2 Å². The van der Waals surface area contributed by atoms with E-state index in [0.29, 0.717) is 44.3 Å². The predicted octanol–water partition coefficient (Wildman–Crippen LogP) is 2.94. The smallest absolute Gasteiger partial charge is 0.317 e. The lowest BCUT2D eigenvalue weighted by Gasteiger charge is -2.37. The van der Waals surface area contributed by atoms with Gasteiger partial charge in [-0.05, 0) is 42.5 Å². The number of fused-ring (bicyclic) bond motifs is 1. The zero-order valence-electron chi connectivity index (χ0n) is 18.8. The summed E-state index contributed by atoms with van der Waals surface area (Å²) in [6.45, 7) is 3.95. The fourth-order valence-electron chi connectivity index (χ4n) is 3.71. The molecule has 1 aromatic heterocycles. The lowest BCUT2D eigenvalue weighted by Crippen LogP contribution is -2.50. The first-order chi connectivity index (χ1) is 15.6. The Morgan fingerprint density at radius 1 is 1.25 bits per heavy atom. The quantitative estimate of drug-likeness (QED) is 0.589. The number of benzene rings is 1. The average molecular weight is 462 g/mol. The molecule has 0 radical (unpaired) electrons. The van der Waals surface area contributed by atoms with E-state index in [1.54, 1.807) is 25.6 Å². The average Bonchev–Trinajstić information content (AvgIpc) is 3.29. The number of ether oxygens (including phenoxy) is 3. The molecule has 0 fully saturated rings. The van der Waals surface area contributed by atoms with Gasteiger partial charge in [0, 0.05) is 37.7 Å². The number of hydrogen-bond acceptors (Lipinski definition) is 6. The van der Waals surface area contributed by atoms with Gasteiger partial charge in [0.15, 0.2) is 0 Å². The minimum Gasteiger partial charge on any atom is -0.497 e. The van der Waals surface area contributed by atoms with E-state index in [0.717, 1.165) is 12.0 Å². The SMILES string of the molecule is CCNC(=O)N(CCOC)CC(=O)N1CCc2sccc2[C@@H]1COc1cccc(OC)c1. The minimum atomic E-state index is -0.268. The molecule has 0 saturated heterocycles. The number of carbonyl (C=O) groups excluding carboxylic acids is 2. The molecule has 174 valence electrons. The van der Waals surface area contributed by atoms with Crippen LogP contribution < -0.4 is 14.8 Å². The van der Waals surface area contributed by atoms with Crippen molar-refractivity contribution >= 4 is 23.3 Å². The molecule has 3 amide bonds. The molecule has 1 aliphatic rings. The summed E-state index contributed by atoms with van der Waals surface area (Å²) < 4.78 is 16.5. The van der Waals surface area contributed by atoms with Crippen molar-refractivity contribution in [2.75, 3.05) is 53.6 Å².